The maximum absolute atomic E-state index is 6.20. The molecule has 2 rings (SSSR count). The highest BCUT2D eigenvalue weighted by molar-refractivity contribution is 6.36. The first-order valence-corrected chi connectivity index (χ1v) is 5.72. The van der Waals surface area contributed by atoms with Crippen molar-refractivity contribution in [3.63, 3.8) is 0 Å². The number of benzene rings is 1. The van der Waals surface area contributed by atoms with Crippen molar-refractivity contribution in [2.75, 3.05) is 0 Å². The summed E-state index contributed by atoms with van der Waals surface area (Å²) in [5.41, 5.74) is 4.14. The van der Waals surface area contributed by atoms with Gasteiger partial charge in [-0.1, -0.05) is 29.3 Å². The molecule has 0 aliphatic heterocycles. The monoisotopic (exact) mass is 254 g/mol. The molecule has 0 aliphatic rings. The molecule has 0 N–H and O–H groups in total. The van der Waals surface area contributed by atoms with E-state index in [1.807, 2.05) is 37.7 Å². The molecule has 0 unspecified atom stereocenters. The lowest BCUT2D eigenvalue weighted by Gasteiger charge is -2.05. The van der Waals surface area contributed by atoms with Crippen LogP contribution in [0.5, 0.6) is 0 Å². The topological polar surface area (TPSA) is 17.8 Å². The van der Waals surface area contributed by atoms with Gasteiger partial charge in [0.1, 0.15) is 0 Å². The lowest BCUT2D eigenvalue weighted by atomic mass is 10.0. The Morgan fingerprint density at radius 2 is 1.88 bits per heavy atom. The molecule has 1 aromatic heterocycles. The Hall–Kier alpha value is -0.990. The van der Waals surface area contributed by atoms with Gasteiger partial charge in [0.2, 0.25) is 0 Å². The molecule has 0 bridgehead atoms. The summed E-state index contributed by atoms with van der Waals surface area (Å²) in [4.78, 5) is 0. The highest BCUT2D eigenvalue weighted by atomic mass is 35.5. The molecule has 0 saturated carbocycles. The largest absolute Gasteiger partial charge is 0.272 e. The molecule has 0 saturated heterocycles. The Kier molecular flexibility index (Phi) is 2.96. The highest BCUT2D eigenvalue weighted by Gasteiger charge is 2.14. The Balaban J connectivity index is 2.67. The number of rotatable bonds is 1. The fraction of sp³-hybridized carbons (Fsp3) is 0.250. The minimum absolute atomic E-state index is 0.646. The summed E-state index contributed by atoms with van der Waals surface area (Å²) in [7, 11) is 1.93. The maximum Gasteiger partial charge on any atom is 0.0675 e. The number of hydrogen-bond donors (Lipinski definition) is 0. The van der Waals surface area contributed by atoms with Crippen LogP contribution in [0.2, 0.25) is 10.0 Å². The van der Waals surface area contributed by atoms with E-state index in [-0.39, 0.29) is 0 Å². The molecule has 1 heterocycles. The molecule has 0 fully saturated rings. The van der Waals surface area contributed by atoms with Crippen LogP contribution in [0.15, 0.2) is 18.2 Å². The predicted octanol–water partition coefficient (Wildman–Crippen LogP) is 4.01. The van der Waals surface area contributed by atoms with Crippen LogP contribution in [-0.4, -0.2) is 9.78 Å². The summed E-state index contributed by atoms with van der Waals surface area (Å²) in [6.07, 6.45) is 0. The van der Waals surface area contributed by atoms with E-state index in [1.165, 1.54) is 0 Å². The van der Waals surface area contributed by atoms with Gasteiger partial charge in [-0.05, 0) is 26.0 Å². The normalized spacial score (nSPS) is 10.8. The first-order valence-electron chi connectivity index (χ1n) is 4.96. The first-order chi connectivity index (χ1) is 7.50. The van der Waals surface area contributed by atoms with Crippen molar-refractivity contribution < 1.29 is 0 Å². The van der Waals surface area contributed by atoms with Gasteiger partial charge in [-0.3, -0.25) is 4.68 Å². The van der Waals surface area contributed by atoms with Crippen LogP contribution in [-0.2, 0) is 7.05 Å². The Bertz CT molecular complexity index is 544. The van der Waals surface area contributed by atoms with E-state index in [9.17, 15) is 0 Å². The highest BCUT2D eigenvalue weighted by Crippen LogP contribution is 2.33. The molecule has 0 spiro atoms. The van der Waals surface area contributed by atoms with Crippen molar-refractivity contribution in [3.8, 4) is 11.1 Å². The second-order valence-electron chi connectivity index (χ2n) is 3.79. The van der Waals surface area contributed by atoms with E-state index < -0.39 is 0 Å². The molecule has 2 aromatic rings. The molecular weight excluding hydrogens is 243 g/mol. The van der Waals surface area contributed by atoms with E-state index >= 15 is 0 Å². The molecular formula is C12H12Cl2N2. The van der Waals surface area contributed by atoms with E-state index in [0.29, 0.717) is 10.0 Å². The van der Waals surface area contributed by atoms with Crippen molar-refractivity contribution in [2.45, 2.75) is 13.8 Å². The number of aromatic nitrogens is 2. The Labute approximate surface area is 105 Å². The third kappa shape index (κ3) is 1.83. The van der Waals surface area contributed by atoms with E-state index in [1.54, 1.807) is 6.07 Å². The van der Waals surface area contributed by atoms with E-state index in [4.69, 9.17) is 23.2 Å². The summed E-state index contributed by atoms with van der Waals surface area (Å²) in [6, 6.07) is 5.53. The van der Waals surface area contributed by atoms with Gasteiger partial charge in [0, 0.05) is 28.9 Å². The number of aryl methyl sites for hydroxylation is 2. The molecule has 2 nitrogen and oxygen atoms in total. The van der Waals surface area contributed by atoms with Crippen LogP contribution in [0, 0.1) is 13.8 Å². The fourth-order valence-corrected chi connectivity index (χ4v) is 2.36. The molecule has 1 aromatic carbocycles. The van der Waals surface area contributed by atoms with Crippen molar-refractivity contribution in [2.24, 2.45) is 7.05 Å². The Morgan fingerprint density at radius 3 is 2.38 bits per heavy atom. The molecule has 0 atom stereocenters. The van der Waals surface area contributed by atoms with E-state index in [2.05, 4.69) is 5.10 Å². The summed E-state index contributed by atoms with van der Waals surface area (Å²) >= 11 is 12.1. The van der Waals surface area contributed by atoms with Gasteiger partial charge < -0.3 is 0 Å². The third-order valence-corrected chi connectivity index (χ3v) is 3.26. The van der Waals surface area contributed by atoms with Crippen LogP contribution < -0.4 is 0 Å². The van der Waals surface area contributed by atoms with Crippen molar-refractivity contribution in [1.82, 2.24) is 9.78 Å². The minimum atomic E-state index is 0.646. The Morgan fingerprint density at radius 1 is 1.19 bits per heavy atom. The molecule has 0 amide bonds. The maximum atomic E-state index is 6.20. The molecule has 0 aliphatic carbocycles. The van der Waals surface area contributed by atoms with Gasteiger partial charge in [-0.15, -0.1) is 0 Å². The van der Waals surface area contributed by atoms with Crippen LogP contribution >= 0.6 is 23.2 Å². The van der Waals surface area contributed by atoms with Crippen molar-refractivity contribution in [3.05, 3.63) is 39.6 Å². The van der Waals surface area contributed by atoms with Crippen LogP contribution in [0.3, 0.4) is 0 Å². The minimum Gasteiger partial charge on any atom is -0.272 e. The SMILES string of the molecule is Cc1nn(C)c(C)c1-c1ccc(Cl)cc1Cl. The second kappa shape index (κ2) is 4.11. The van der Waals surface area contributed by atoms with Crippen LogP contribution in [0.4, 0.5) is 0 Å². The van der Waals surface area contributed by atoms with Crippen molar-refractivity contribution in [1.29, 1.82) is 0 Å². The smallest absolute Gasteiger partial charge is 0.0675 e. The summed E-state index contributed by atoms with van der Waals surface area (Å²) in [5, 5.41) is 5.68. The van der Waals surface area contributed by atoms with Gasteiger partial charge in [0.15, 0.2) is 0 Å². The number of hydrogen-bond acceptors (Lipinski definition) is 1. The van der Waals surface area contributed by atoms with Gasteiger partial charge in [0.25, 0.3) is 0 Å². The number of halogens is 2. The summed E-state index contributed by atoms with van der Waals surface area (Å²) in [6.45, 7) is 4.01. The average Bonchev–Trinajstić information content (AvgIpc) is 2.43. The van der Waals surface area contributed by atoms with Gasteiger partial charge in [0.05, 0.1) is 10.7 Å². The lowest BCUT2D eigenvalue weighted by molar-refractivity contribution is 0.731. The van der Waals surface area contributed by atoms with Gasteiger partial charge in [-0.2, -0.15) is 5.10 Å². The first kappa shape index (κ1) is 11.5. The van der Waals surface area contributed by atoms with Crippen LogP contribution in [0.25, 0.3) is 11.1 Å². The van der Waals surface area contributed by atoms with Crippen LogP contribution in [0.1, 0.15) is 11.4 Å². The zero-order valence-electron chi connectivity index (χ0n) is 9.38. The second-order valence-corrected chi connectivity index (χ2v) is 4.64. The third-order valence-electron chi connectivity index (χ3n) is 2.71. The van der Waals surface area contributed by atoms with Gasteiger partial charge in [-0.25, -0.2) is 0 Å². The standard InChI is InChI=1S/C12H12Cl2N2/c1-7-12(8(2)16(3)15-7)10-5-4-9(13)6-11(10)14/h4-6H,1-3H3. The van der Waals surface area contributed by atoms with Gasteiger partial charge >= 0.3 is 0 Å². The average molecular weight is 255 g/mol. The molecule has 84 valence electrons. The number of nitrogens with zero attached hydrogens (tertiary/aromatic N) is 2. The van der Waals surface area contributed by atoms with E-state index in [0.717, 1.165) is 22.5 Å². The molecule has 0 radical (unpaired) electrons. The lowest BCUT2D eigenvalue weighted by Crippen LogP contribution is -1.92. The molecule has 4 heteroatoms. The molecule has 16 heavy (non-hydrogen) atoms. The predicted molar refractivity (Wildman–Crippen MR) is 68.1 cm³/mol. The quantitative estimate of drug-likeness (QED) is 0.752. The zero-order valence-corrected chi connectivity index (χ0v) is 10.9. The fourth-order valence-electron chi connectivity index (χ4n) is 1.86. The zero-order chi connectivity index (χ0) is 11.9. The summed E-state index contributed by atoms with van der Waals surface area (Å²) in [5.74, 6) is 0. The van der Waals surface area contributed by atoms with Crippen molar-refractivity contribution >= 4 is 23.2 Å². The summed E-state index contributed by atoms with van der Waals surface area (Å²) < 4.78 is 1.86.